The molecule has 0 radical (unpaired) electrons. The first-order chi connectivity index (χ1) is 13.8. The molecule has 3 heterocycles. The van der Waals surface area contributed by atoms with Crippen LogP contribution < -0.4 is 5.32 Å². The van der Waals surface area contributed by atoms with E-state index in [1.54, 1.807) is 29.0 Å². The van der Waals surface area contributed by atoms with Gasteiger partial charge in [-0.3, -0.25) is 9.78 Å². The largest absolute Gasteiger partial charge is 0.322 e. The number of pyridine rings is 1. The number of imidazole rings is 1. The highest BCUT2D eigenvalue weighted by atomic mass is 16.1. The Morgan fingerprint density at radius 1 is 1.00 bits per heavy atom. The Kier molecular flexibility index (Phi) is 4.05. The fourth-order valence-corrected chi connectivity index (χ4v) is 3.43. The van der Waals surface area contributed by atoms with Gasteiger partial charge >= 0.3 is 0 Å². The van der Waals surface area contributed by atoms with E-state index in [-0.39, 0.29) is 5.91 Å². The molecule has 1 N–H and O–H groups in total. The third-order valence-corrected chi connectivity index (χ3v) is 4.91. The SMILES string of the molecule is O=C(Nc1ccc(-c2cn3nc4c(nc3n2)CCCC4)cc1)c1cccnc1. The molecular weight excluding hydrogens is 352 g/mol. The summed E-state index contributed by atoms with van der Waals surface area (Å²) >= 11 is 0. The van der Waals surface area contributed by atoms with Crippen LogP contribution in [0.25, 0.3) is 17.0 Å². The van der Waals surface area contributed by atoms with E-state index in [9.17, 15) is 4.79 Å². The molecule has 0 saturated heterocycles. The Balaban J connectivity index is 1.39. The van der Waals surface area contributed by atoms with Crippen LogP contribution in [0.1, 0.15) is 34.6 Å². The molecule has 7 heteroatoms. The Labute approximate surface area is 161 Å². The smallest absolute Gasteiger partial charge is 0.257 e. The van der Waals surface area contributed by atoms with Gasteiger partial charge < -0.3 is 5.32 Å². The van der Waals surface area contributed by atoms with Gasteiger partial charge in [0.25, 0.3) is 11.7 Å². The van der Waals surface area contributed by atoms with Gasteiger partial charge in [-0.2, -0.15) is 5.10 Å². The van der Waals surface area contributed by atoms with Crippen molar-refractivity contribution in [3.05, 3.63) is 71.9 Å². The van der Waals surface area contributed by atoms with Crippen LogP contribution in [-0.4, -0.2) is 30.5 Å². The minimum absolute atomic E-state index is 0.187. The third-order valence-electron chi connectivity index (χ3n) is 4.91. The van der Waals surface area contributed by atoms with Crippen LogP contribution in [0.4, 0.5) is 5.69 Å². The minimum atomic E-state index is -0.187. The molecule has 1 aliphatic carbocycles. The first kappa shape index (κ1) is 16.6. The Hall–Kier alpha value is -3.61. The lowest BCUT2D eigenvalue weighted by atomic mass is 10.0. The number of carbonyl (C=O) groups excluding carboxylic acids is 1. The molecule has 0 unspecified atom stereocenters. The van der Waals surface area contributed by atoms with E-state index in [4.69, 9.17) is 0 Å². The molecule has 7 nitrogen and oxygen atoms in total. The molecule has 1 aliphatic rings. The number of benzene rings is 1. The number of hydrogen-bond acceptors (Lipinski definition) is 5. The van der Waals surface area contributed by atoms with Crippen molar-refractivity contribution in [2.45, 2.75) is 25.7 Å². The maximum atomic E-state index is 12.2. The first-order valence-electron chi connectivity index (χ1n) is 9.33. The summed E-state index contributed by atoms with van der Waals surface area (Å²) in [5, 5.41) is 7.55. The monoisotopic (exact) mass is 370 g/mol. The van der Waals surface area contributed by atoms with E-state index in [1.165, 1.54) is 6.42 Å². The average Bonchev–Trinajstić information content (AvgIpc) is 3.16. The molecule has 3 aromatic heterocycles. The quantitative estimate of drug-likeness (QED) is 0.598. The second-order valence-corrected chi connectivity index (χ2v) is 6.86. The molecule has 0 bridgehead atoms. The molecular formula is C21H18N6O. The zero-order valence-corrected chi connectivity index (χ0v) is 15.2. The summed E-state index contributed by atoms with van der Waals surface area (Å²) < 4.78 is 1.76. The highest BCUT2D eigenvalue weighted by molar-refractivity contribution is 6.04. The number of aryl methyl sites for hydroxylation is 2. The van der Waals surface area contributed by atoms with Crippen LogP contribution in [0.2, 0.25) is 0 Å². The summed E-state index contributed by atoms with van der Waals surface area (Å²) in [4.78, 5) is 25.5. The maximum Gasteiger partial charge on any atom is 0.257 e. The lowest BCUT2D eigenvalue weighted by Gasteiger charge is -2.12. The summed E-state index contributed by atoms with van der Waals surface area (Å²) in [7, 11) is 0. The van der Waals surface area contributed by atoms with Crippen molar-refractivity contribution in [3.63, 3.8) is 0 Å². The van der Waals surface area contributed by atoms with Crippen molar-refractivity contribution in [1.29, 1.82) is 0 Å². The number of amides is 1. The molecule has 138 valence electrons. The highest BCUT2D eigenvalue weighted by Crippen LogP contribution is 2.23. The van der Waals surface area contributed by atoms with Gasteiger partial charge in [0.1, 0.15) is 0 Å². The molecule has 28 heavy (non-hydrogen) atoms. The maximum absolute atomic E-state index is 12.2. The zero-order valence-electron chi connectivity index (χ0n) is 15.2. The zero-order chi connectivity index (χ0) is 18.9. The topological polar surface area (TPSA) is 85.1 Å². The van der Waals surface area contributed by atoms with Crippen molar-refractivity contribution < 1.29 is 4.79 Å². The summed E-state index contributed by atoms with van der Waals surface area (Å²) in [6.45, 7) is 0. The number of anilines is 1. The summed E-state index contributed by atoms with van der Waals surface area (Å²) in [6, 6.07) is 11.0. The number of nitrogens with zero attached hydrogens (tertiary/aromatic N) is 5. The standard InChI is InChI=1S/C21H18N6O/c28-20(15-4-3-11-22-12-15)23-16-9-7-14(8-10-16)19-13-27-21(25-19)24-17-5-1-2-6-18(17)26-27/h3-4,7-13H,1-2,5-6H2,(H,23,28). The van der Waals surface area contributed by atoms with Crippen molar-refractivity contribution in [1.82, 2.24) is 24.6 Å². The predicted molar refractivity (Wildman–Crippen MR) is 105 cm³/mol. The van der Waals surface area contributed by atoms with Gasteiger partial charge in [0.15, 0.2) is 0 Å². The number of aromatic nitrogens is 5. The van der Waals surface area contributed by atoms with E-state index in [1.807, 2.05) is 30.5 Å². The summed E-state index contributed by atoms with van der Waals surface area (Å²) in [5.74, 6) is 0.442. The normalized spacial score (nSPS) is 13.3. The second kappa shape index (κ2) is 6.84. The van der Waals surface area contributed by atoms with Gasteiger partial charge in [-0.15, -0.1) is 0 Å². The molecule has 0 aliphatic heterocycles. The lowest BCUT2D eigenvalue weighted by Crippen LogP contribution is -2.11. The second-order valence-electron chi connectivity index (χ2n) is 6.86. The number of fused-ring (bicyclic) bond motifs is 2. The lowest BCUT2D eigenvalue weighted by molar-refractivity contribution is 0.102. The van der Waals surface area contributed by atoms with E-state index in [2.05, 4.69) is 25.4 Å². The Morgan fingerprint density at radius 2 is 1.82 bits per heavy atom. The van der Waals surface area contributed by atoms with Crippen LogP contribution in [0.5, 0.6) is 0 Å². The summed E-state index contributed by atoms with van der Waals surface area (Å²) in [6.07, 6.45) is 9.38. The van der Waals surface area contributed by atoms with Gasteiger partial charge in [0, 0.05) is 23.6 Å². The van der Waals surface area contributed by atoms with E-state index in [0.29, 0.717) is 17.0 Å². The van der Waals surface area contributed by atoms with Crippen LogP contribution in [-0.2, 0) is 12.8 Å². The fraction of sp³-hybridized carbons (Fsp3) is 0.190. The molecule has 1 aromatic carbocycles. The van der Waals surface area contributed by atoms with Gasteiger partial charge in [-0.1, -0.05) is 12.1 Å². The molecule has 0 atom stereocenters. The van der Waals surface area contributed by atoms with Crippen LogP contribution in [0.3, 0.4) is 0 Å². The number of rotatable bonds is 3. The predicted octanol–water partition coefficient (Wildman–Crippen LogP) is 3.32. The van der Waals surface area contributed by atoms with Crippen molar-refractivity contribution in [2.75, 3.05) is 5.32 Å². The molecule has 5 rings (SSSR count). The Morgan fingerprint density at radius 3 is 2.61 bits per heavy atom. The summed E-state index contributed by atoms with van der Waals surface area (Å²) in [5.41, 5.74) is 5.15. The van der Waals surface area contributed by atoms with Crippen molar-refractivity contribution in [2.24, 2.45) is 0 Å². The van der Waals surface area contributed by atoms with Gasteiger partial charge in [0.05, 0.1) is 28.8 Å². The number of nitrogens with one attached hydrogen (secondary N) is 1. The fourth-order valence-electron chi connectivity index (χ4n) is 3.43. The van der Waals surface area contributed by atoms with Gasteiger partial charge in [0.2, 0.25) is 0 Å². The van der Waals surface area contributed by atoms with Crippen molar-refractivity contribution >= 4 is 17.4 Å². The van der Waals surface area contributed by atoms with E-state index >= 15 is 0 Å². The molecule has 0 saturated carbocycles. The number of hydrogen-bond donors (Lipinski definition) is 1. The van der Waals surface area contributed by atoms with E-state index < -0.39 is 0 Å². The van der Waals surface area contributed by atoms with E-state index in [0.717, 1.165) is 41.9 Å². The minimum Gasteiger partial charge on any atom is -0.322 e. The molecule has 1 amide bonds. The first-order valence-corrected chi connectivity index (χ1v) is 9.33. The highest BCUT2D eigenvalue weighted by Gasteiger charge is 2.15. The van der Waals surface area contributed by atoms with Crippen molar-refractivity contribution in [3.8, 4) is 11.3 Å². The molecule has 0 spiro atoms. The average molecular weight is 370 g/mol. The molecule has 0 fully saturated rings. The molecule has 4 aromatic rings. The Bertz CT molecular complexity index is 1110. The van der Waals surface area contributed by atoms with Crippen LogP contribution >= 0.6 is 0 Å². The van der Waals surface area contributed by atoms with Gasteiger partial charge in [-0.05, 0) is 49.9 Å². The van der Waals surface area contributed by atoms with Crippen LogP contribution in [0.15, 0.2) is 55.0 Å². The van der Waals surface area contributed by atoms with Crippen LogP contribution in [0, 0.1) is 0 Å². The number of carbonyl (C=O) groups is 1. The van der Waals surface area contributed by atoms with Gasteiger partial charge in [-0.25, -0.2) is 14.5 Å². The third kappa shape index (κ3) is 3.11.